The molecule has 3 atom stereocenters. The Morgan fingerprint density at radius 2 is 2.25 bits per heavy atom. The maximum atomic E-state index is 9.52. The average Bonchev–Trinajstić information content (AvgIpc) is 2.29. The van der Waals surface area contributed by atoms with E-state index in [4.69, 9.17) is 0 Å². The highest BCUT2D eigenvalue weighted by molar-refractivity contribution is 5.17. The molecule has 1 N–H and O–H groups in total. The van der Waals surface area contributed by atoms with Crippen LogP contribution in [0.2, 0.25) is 0 Å². The van der Waals surface area contributed by atoms with E-state index in [1.165, 1.54) is 24.0 Å². The van der Waals surface area contributed by atoms with Gasteiger partial charge in [-0.05, 0) is 56.3 Å². The van der Waals surface area contributed by atoms with E-state index in [0.717, 1.165) is 19.3 Å². The first-order valence-corrected chi connectivity index (χ1v) is 6.51. The fraction of sp³-hybridized carbons (Fsp3) is 0.733. The second-order valence-corrected chi connectivity index (χ2v) is 6.02. The summed E-state index contributed by atoms with van der Waals surface area (Å²) in [6.45, 7) is 9.06. The van der Waals surface area contributed by atoms with Crippen molar-refractivity contribution >= 4 is 0 Å². The number of hydrogen-bond donors (Lipinski definition) is 1. The molecule has 0 saturated heterocycles. The van der Waals surface area contributed by atoms with E-state index in [1.807, 2.05) is 0 Å². The van der Waals surface area contributed by atoms with Crippen LogP contribution in [0.5, 0.6) is 0 Å². The summed E-state index contributed by atoms with van der Waals surface area (Å²) in [5.74, 6) is 1.34. The fourth-order valence-corrected chi connectivity index (χ4v) is 3.46. The van der Waals surface area contributed by atoms with Crippen molar-refractivity contribution in [3.63, 3.8) is 0 Å². The third-order valence-electron chi connectivity index (χ3n) is 4.76. The van der Waals surface area contributed by atoms with E-state index in [0.29, 0.717) is 18.4 Å². The number of rotatable bonds is 1. The minimum Gasteiger partial charge on any atom is -0.396 e. The molecule has 0 aliphatic heterocycles. The SMILES string of the molecule is C=C1CC/C=C(\C)CCC2C1CC2(C)CO. The molecule has 1 heteroatoms. The number of aliphatic hydroxyl groups is 1. The molecular formula is C15H24O. The molecular weight excluding hydrogens is 196 g/mol. The lowest BCUT2D eigenvalue weighted by atomic mass is 9.51. The Morgan fingerprint density at radius 3 is 2.94 bits per heavy atom. The second kappa shape index (κ2) is 4.37. The maximum absolute atomic E-state index is 9.52. The quantitative estimate of drug-likeness (QED) is 0.668. The van der Waals surface area contributed by atoms with Crippen LogP contribution in [0.25, 0.3) is 0 Å². The van der Waals surface area contributed by atoms with Gasteiger partial charge in [0.1, 0.15) is 0 Å². The van der Waals surface area contributed by atoms with Crippen molar-refractivity contribution in [2.75, 3.05) is 6.61 Å². The topological polar surface area (TPSA) is 20.2 Å². The van der Waals surface area contributed by atoms with Crippen LogP contribution in [0.4, 0.5) is 0 Å². The molecule has 0 aromatic rings. The average molecular weight is 220 g/mol. The number of allylic oxidation sites excluding steroid dienone is 3. The molecule has 16 heavy (non-hydrogen) atoms. The van der Waals surface area contributed by atoms with Crippen LogP contribution in [-0.2, 0) is 0 Å². The summed E-state index contributed by atoms with van der Waals surface area (Å²) in [7, 11) is 0. The predicted molar refractivity (Wildman–Crippen MR) is 68.2 cm³/mol. The summed E-state index contributed by atoms with van der Waals surface area (Å²) in [6.07, 6.45) is 8.23. The van der Waals surface area contributed by atoms with Gasteiger partial charge in [0, 0.05) is 6.61 Å². The largest absolute Gasteiger partial charge is 0.396 e. The summed E-state index contributed by atoms with van der Waals surface area (Å²) in [6, 6.07) is 0. The molecule has 1 fully saturated rings. The Kier molecular flexibility index (Phi) is 3.25. The maximum Gasteiger partial charge on any atom is 0.0487 e. The summed E-state index contributed by atoms with van der Waals surface area (Å²) >= 11 is 0. The van der Waals surface area contributed by atoms with Crippen LogP contribution in [0.1, 0.15) is 46.0 Å². The molecule has 90 valence electrons. The van der Waals surface area contributed by atoms with Gasteiger partial charge < -0.3 is 5.11 Å². The molecule has 2 aliphatic carbocycles. The smallest absolute Gasteiger partial charge is 0.0487 e. The van der Waals surface area contributed by atoms with Gasteiger partial charge in [-0.3, -0.25) is 0 Å². The van der Waals surface area contributed by atoms with Crippen molar-refractivity contribution in [3.05, 3.63) is 23.8 Å². The van der Waals surface area contributed by atoms with Gasteiger partial charge in [0.05, 0.1) is 0 Å². The number of aliphatic hydroxyl groups excluding tert-OH is 1. The van der Waals surface area contributed by atoms with Gasteiger partial charge in [-0.15, -0.1) is 0 Å². The highest BCUT2D eigenvalue weighted by Gasteiger charge is 2.50. The van der Waals surface area contributed by atoms with Crippen molar-refractivity contribution in [3.8, 4) is 0 Å². The fourth-order valence-electron chi connectivity index (χ4n) is 3.46. The number of hydrogen-bond acceptors (Lipinski definition) is 1. The van der Waals surface area contributed by atoms with E-state index < -0.39 is 0 Å². The summed E-state index contributed by atoms with van der Waals surface area (Å²) < 4.78 is 0. The zero-order valence-electron chi connectivity index (χ0n) is 10.6. The molecule has 2 aliphatic rings. The molecule has 1 nitrogen and oxygen atoms in total. The van der Waals surface area contributed by atoms with Crippen molar-refractivity contribution in [1.29, 1.82) is 0 Å². The Hall–Kier alpha value is -0.560. The molecule has 1 saturated carbocycles. The Balaban J connectivity index is 2.13. The normalized spacial score (nSPS) is 43.2. The van der Waals surface area contributed by atoms with E-state index in [1.54, 1.807) is 0 Å². The lowest BCUT2D eigenvalue weighted by Gasteiger charge is -2.54. The number of fused-ring (bicyclic) bond motifs is 1. The first-order chi connectivity index (χ1) is 7.57. The van der Waals surface area contributed by atoms with Crippen LogP contribution in [0.15, 0.2) is 23.8 Å². The highest BCUT2D eigenvalue weighted by atomic mass is 16.3. The lowest BCUT2D eigenvalue weighted by Crippen LogP contribution is -2.48. The second-order valence-electron chi connectivity index (χ2n) is 6.02. The van der Waals surface area contributed by atoms with Crippen molar-refractivity contribution < 1.29 is 5.11 Å². The Morgan fingerprint density at radius 1 is 1.50 bits per heavy atom. The third kappa shape index (κ3) is 1.98. The first-order valence-electron chi connectivity index (χ1n) is 6.51. The van der Waals surface area contributed by atoms with E-state index in [-0.39, 0.29) is 5.41 Å². The predicted octanol–water partition coefficient (Wildman–Crippen LogP) is 3.70. The van der Waals surface area contributed by atoms with Gasteiger partial charge in [0.15, 0.2) is 0 Å². The van der Waals surface area contributed by atoms with Gasteiger partial charge >= 0.3 is 0 Å². The lowest BCUT2D eigenvalue weighted by molar-refractivity contribution is -0.0568. The van der Waals surface area contributed by atoms with Crippen LogP contribution >= 0.6 is 0 Å². The van der Waals surface area contributed by atoms with Gasteiger partial charge in [0.25, 0.3) is 0 Å². The molecule has 3 unspecified atom stereocenters. The van der Waals surface area contributed by atoms with Crippen molar-refractivity contribution in [2.45, 2.75) is 46.0 Å². The summed E-state index contributed by atoms with van der Waals surface area (Å²) in [5, 5.41) is 9.52. The van der Waals surface area contributed by atoms with Crippen molar-refractivity contribution in [2.24, 2.45) is 17.3 Å². The molecule has 0 radical (unpaired) electrons. The zero-order valence-corrected chi connectivity index (χ0v) is 10.6. The van der Waals surface area contributed by atoms with Crippen LogP contribution in [0.3, 0.4) is 0 Å². The first kappa shape index (κ1) is 11.9. The molecule has 0 aromatic carbocycles. The van der Waals surface area contributed by atoms with E-state index in [9.17, 15) is 5.11 Å². The molecule has 0 spiro atoms. The third-order valence-corrected chi connectivity index (χ3v) is 4.76. The zero-order chi connectivity index (χ0) is 11.8. The molecule has 0 bridgehead atoms. The van der Waals surface area contributed by atoms with E-state index >= 15 is 0 Å². The monoisotopic (exact) mass is 220 g/mol. The van der Waals surface area contributed by atoms with Gasteiger partial charge in [-0.25, -0.2) is 0 Å². The molecule has 0 heterocycles. The van der Waals surface area contributed by atoms with Gasteiger partial charge in [0.2, 0.25) is 0 Å². The molecule has 2 rings (SSSR count). The minimum absolute atomic E-state index is 0.165. The van der Waals surface area contributed by atoms with E-state index in [2.05, 4.69) is 26.5 Å². The summed E-state index contributed by atoms with van der Waals surface area (Å²) in [4.78, 5) is 0. The standard InChI is InChI=1S/C15H24O/c1-11-5-4-6-12(2)13-9-15(3,10-16)14(13)8-7-11/h5,13-14,16H,2,4,6-10H2,1,3H3/b11-5+. The van der Waals surface area contributed by atoms with Gasteiger partial charge in [-0.1, -0.05) is 30.7 Å². The van der Waals surface area contributed by atoms with Crippen LogP contribution in [0, 0.1) is 17.3 Å². The minimum atomic E-state index is 0.165. The van der Waals surface area contributed by atoms with Crippen molar-refractivity contribution in [1.82, 2.24) is 0 Å². The highest BCUT2D eigenvalue weighted by Crippen LogP contribution is 2.56. The summed E-state index contributed by atoms with van der Waals surface area (Å²) in [5.41, 5.74) is 3.10. The van der Waals surface area contributed by atoms with Crippen LogP contribution < -0.4 is 0 Å². The van der Waals surface area contributed by atoms with Crippen LogP contribution in [-0.4, -0.2) is 11.7 Å². The Labute approximate surface area is 99.3 Å². The molecule has 0 aromatic heterocycles. The Bertz CT molecular complexity index is 315. The molecule has 0 amide bonds. The van der Waals surface area contributed by atoms with Gasteiger partial charge in [-0.2, -0.15) is 0 Å².